The molecule has 3 nitrogen and oxygen atoms in total. The van der Waals surface area contributed by atoms with Crippen molar-refractivity contribution in [2.75, 3.05) is 31.2 Å². The fourth-order valence-corrected chi connectivity index (χ4v) is 4.51. The number of likely N-dealkylation sites (tertiary alicyclic amines) is 1. The summed E-state index contributed by atoms with van der Waals surface area (Å²) in [5, 5.41) is 3.08. The molecule has 0 aromatic heterocycles. The molecule has 2 fully saturated rings. The second-order valence-electron chi connectivity index (χ2n) is 6.58. The molecule has 22 heavy (non-hydrogen) atoms. The van der Waals surface area contributed by atoms with E-state index in [1.165, 1.54) is 32.1 Å². The van der Waals surface area contributed by atoms with Crippen LogP contribution in [0.5, 0.6) is 0 Å². The summed E-state index contributed by atoms with van der Waals surface area (Å²) in [6.45, 7) is 2.73. The van der Waals surface area contributed by atoms with Crippen molar-refractivity contribution in [1.82, 2.24) is 4.90 Å². The number of fused-ring (bicyclic) bond motifs is 1. The Balaban J connectivity index is 1.53. The van der Waals surface area contributed by atoms with Crippen LogP contribution in [0.4, 0.5) is 5.69 Å². The van der Waals surface area contributed by atoms with Crippen LogP contribution in [-0.2, 0) is 4.79 Å². The highest BCUT2D eigenvalue weighted by Gasteiger charge is 2.31. The van der Waals surface area contributed by atoms with E-state index in [4.69, 9.17) is 0 Å². The van der Waals surface area contributed by atoms with Crippen molar-refractivity contribution in [3.8, 4) is 0 Å². The van der Waals surface area contributed by atoms with Gasteiger partial charge in [0.05, 0.1) is 12.2 Å². The van der Waals surface area contributed by atoms with Gasteiger partial charge in [-0.15, -0.1) is 11.8 Å². The molecule has 2 aliphatic rings. The quantitative estimate of drug-likeness (QED) is 0.856. The van der Waals surface area contributed by atoms with E-state index in [2.05, 4.69) is 10.2 Å². The number of piperidine rings is 1. The normalized spacial score (nSPS) is 25.5. The summed E-state index contributed by atoms with van der Waals surface area (Å²) >= 11 is 1.67. The van der Waals surface area contributed by atoms with E-state index in [-0.39, 0.29) is 5.91 Å². The number of rotatable bonds is 4. The number of thioether (sulfide) groups is 1. The molecule has 2 atom stereocenters. The van der Waals surface area contributed by atoms with Crippen LogP contribution < -0.4 is 5.32 Å². The number of anilines is 1. The first-order valence-corrected chi connectivity index (χ1v) is 9.64. The highest BCUT2D eigenvalue weighted by Crippen LogP contribution is 2.36. The Hall–Kier alpha value is -1.00. The summed E-state index contributed by atoms with van der Waals surface area (Å²) < 4.78 is 0. The summed E-state index contributed by atoms with van der Waals surface area (Å²) in [7, 11) is 0. The lowest BCUT2D eigenvalue weighted by atomic mass is 9.75. The molecule has 1 N–H and O–H groups in total. The van der Waals surface area contributed by atoms with Crippen LogP contribution in [-0.4, -0.2) is 36.7 Å². The van der Waals surface area contributed by atoms with Gasteiger partial charge in [0.1, 0.15) is 0 Å². The topological polar surface area (TPSA) is 32.3 Å². The maximum absolute atomic E-state index is 12.3. The number of nitrogens with zero attached hydrogens (tertiary/aromatic N) is 1. The van der Waals surface area contributed by atoms with Crippen molar-refractivity contribution >= 4 is 23.4 Å². The van der Waals surface area contributed by atoms with Crippen molar-refractivity contribution in [1.29, 1.82) is 0 Å². The Bertz CT molecular complexity index is 520. The van der Waals surface area contributed by atoms with E-state index in [1.54, 1.807) is 11.8 Å². The van der Waals surface area contributed by atoms with Crippen LogP contribution in [0.25, 0.3) is 0 Å². The Labute approximate surface area is 137 Å². The third-order valence-corrected chi connectivity index (χ3v) is 5.92. The van der Waals surface area contributed by atoms with Crippen molar-refractivity contribution in [3.63, 3.8) is 0 Å². The van der Waals surface area contributed by atoms with Gasteiger partial charge in [0.2, 0.25) is 5.91 Å². The summed E-state index contributed by atoms with van der Waals surface area (Å²) in [5.41, 5.74) is 0.938. The highest BCUT2D eigenvalue weighted by atomic mass is 32.2. The van der Waals surface area contributed by atoms with Crippen molar-refractivity contribution < 1.29 is 4.79 Å². The average molecular weight is 318 g/mol. The number of hydrogen-bond acceptors (Lipinski definition) is 3. The Kier molecular flexibility index (Phi) is 5.42. The van der Waals surface area contributed by atoms with Gasteiger partial charge < -0.3 is 5.32 Å². The third kappa shape index (κ3) is 3.85. The van der Waals surface area contributed by atoms with Crippen LogP contribution in [0.15, 0.2) is 29.2 Å². The molecule has 0 bridgehead atoms. The first-order valence-electron chi connectivity index (χ1n) is 8.41. The number of para-hydroxylation sites is 1. The largest absolute Gasteiger partial charge is 0.324 e. The zero-order chi connectivity index (χ0) is 15.4. The molecule has 1 saturated carbocycles. The molecule has 0 unspecified atom stereocenters. The van der Waals surface area contributed by atoms with Gasteiger partial charge in [-0.3, -0.25) is 9.69 Å². The number of amides is 1. The van der Waals surface area contributed by atoms with Crippen LogP contribution in [0.3, 0.4) is 0 Å². The molecule has 1 aliphatic heterocycles. The van der Waals surface area contributed by atoms with E-state index in [9.17, 15) is 4.79 Å². The predicted molar refractivity (Wildman–Crippen MR) is 93.4 cm³/mol. The molecule has 3 rings (SSSR count). The fraction of sp³-hybridized carbons (Fsp3) is 0.611. The van der Waals surface area contributed by atoms with Gasteiger partial charge in [0, 0.05) is 11.4 Å². The van der Waals surface area contributed by atoms with Gasteiger partial charge in [-0.25, -0.2) is 0 Å². The molecule has 1 saturated heterocycles. The van der Waals surface area contributed by atoms with Gasteiger partial charge >= 0.3 is 0 Å². The first kappa shape index (κ1) is 15.9. The molecule has 1 heterocycles. The summed E-state index contributed by atoms with van der Waals surface area (Å²) in [4.78, 5) is 15.8. The molecule has 1 aromatic carbocycles. The maximum atomic E-state index is 12.3. The van der Waals surface area contributed by atoms with E-state index < -0.39 is 0 Å². The van der Waals surface area contributed by atoms with E-state index in [0.717, 1.165) is 35.5 Å². The van der Waals surface area contributed by atoms with Crippen LogP contribution in [0, 0.1) is 11.8 Å². The Morgan fingerprint density at radius 3 is 2.82 bits per heavy atom. The second kappa shape index (κ2) is 7.51. The molecule has 0 spiro atoms. The summed E-state index contributed by atoms with van der Waals surface area (Å²) in [6.07, 6.45) is 8.87. The van der Waals surface area contributed by atoms with Crippen LogP contribution in [0.2, 0.25) is 0 Å². The Morgan fingerprint density at radius 1 is 1.23 bits per heavy atom. The third-order valence-electron chi connectivity index (χ3n) is 5.12. The van der Waals surface area contributed by atoms with E-state index in [0.29, 0.717) is 6.54 Å². The predicted octanol–water partition coefficient (Wildman–Crippen LogP) is 3.86. The Morgan fingerprint density at radius 2 is 2.00 bits per heavy atom. The number of benzene rings is 1. The van der Waals surface area contributed by atoms with Gasteiger partial charge in [0.25, 0.3) is 0 Å². The van der Waals surface area contributed by atoms with Crippen LogP contribution in [0.1, 0.15) is 32.1 Å². The summed E-state index contributed by atoms with van der Waals surface area (Å²) in [5.74, 6) is 1.87. The first-order chi connectivity index (χ1) is 10.8. The molecule has 120 valence electrons. The van der Waals surface area contributed by atoms with Gasteiger partial charge in [-0.05, 0) is 49.6 Å². The number of carbonyl (C=O) groups is 1. The average Bonchev–Trinajstić information content (AvgIpc) is 2.55. The minimum absolute atomic E-state index is 0.121. The van der Waals surface area contributed by atoms with Crippen molar-refractivity contribution in [3.05, 3.63) is 24.3 Å². The molecule has 0 radical (unpaired) electrons. The SMILES string of the molecule is CSc1ccccc1NC(=O)CN1CC[C@H]2CCCC[C@@H]2C1. The number of nitrogens with one attached hydrogen (secondary N) is 1. The van der Waals surface area contributed by atoms with Crippen LogP contribution >= 0.6 is 11.8 Å². The lowest BCUT2D eigenvalue weighted by Crippen LogP contribution is -2.44. The molecular weight excluding hydrogens is 292 g/mol. The van der Waals surface area contributed by atoms with Gasteiger partial charge in [0.15, 0.2) is 0 Å². The summed E-state index contributed by atoms with van der Waals surface area (Å²) in [6, 6.07) is 8.02. The van der Waals surface area contributed by atoms with E-state index >= 15 is 0 Å². The smallest absolute Gasteiger partial charge is 0.238 e. The number of hydrogen-bond donors (Lipinski definition) is 1. The van der Waals surface area contributed by atoms with E-state index in [1.807, 2.05) is 30.5 Å². The lowest BCUT2D eigenvalue weighted by molar-refractivity contribution is -0.118. The fourth-order valence-electron chi connectivity index (χ4n) is 3.96. The minimum Gasteiger partial charge on any atom is -0.324 e. The highest BCUT2D eigenvalue weighted by molar-refractivity contribution is 7.98. The molecule has 1 amide bonds. The maximum Gasteiger partial charge on any atom is 0.238 e. The zero-order valence-electron chi connectivity index (χ0n) is 13.4. The number of carbonyl (C=O) groups excluding carboxylic acids is 1. The molecule has 1 aromatic rings. The second-order valence-corrected chi connectivity index (χ2v) is 7.42. The minimum atomic E-state index is 0.121. The van der Waals surface area contributed by atoms with Gasteiger partial charge in [-0.1, -0.05) is 31.4 Å². The zero-order valence-corrected chi connectivity index (χ0v) is 14.2. The molecule has 4 heteroatoms. The monoisotopic (exact) mass is 318 g/mol. The van der Waals surface area contributed by atoms with Crippen molar-refractivity contribution in [2.45, 2.75) is 37.0 Å². The standard InChI is InChI=1S/C18H26N2OS/c1-22-17-9-5-4-8-16(17)19-18(21)13-20-11-10-14-6-2-3-7-15(14)12-20/h4-5,8-9,14-15H,2-3,6-7,10-13H2,1H3,(H,19,21)/t14-,15-/m1/s1. The van der Waals surface area contributed by atoms with Gasteiger partial charge in [-0.2, -0.15) is 0 Å². The van der Waals surface area contributed by atoms with Crippen molar-refractivity contribution in [2.24, 2.45) is 11.8 Å². The lowest BCUT2D eigenvalue weighted by Gasteiger charge is -2.41. The molecule has 1 aliphatic carbocycles. The molecular formula is C18H26N2OS.